The van der Waals surface area contributed by atoms with Crippen LogP contribution in [0.5, 0.6) is 0 Å². The number of rotatable bonds is 4. The largest absolute Gasteiger partial charge is 0.340 e. The van der Waals surface area contributed by atoms with Crippen molar-refractivity contribution in [2.24, 2.45) is 0 Å². The van der Waals surface area contributed by atoms with Crippen LogP contribution in [0, 0.1) is 6.92 Å². The third kappa shape index (κ3) is 4.20. The van der Waals surface area contributed by atoms with Crippen molar-refractivity contribution in [3.63, 3.8) is 0 Å². The summed E-state index contributed by atoms with van der Waals surface area (Å²) >= 11 is 3.39. The van der Waals surface area contributed by atoms with Gasteiger partial charge in [-0.2, -0.15) is 0 Å². The molecule has 0 spiro atoms. The lowest BCUT2D eigenvalue weighted by Crippen LogP contribution is -2.12. The number of carbonyl (C=O) groups is 1. The van der Waals surface area contributed by atoms with Crippen LogP contribution in [-0.2, 0) is 0 Å². The number of pyridine rings is 1. The maximum atomic E-state index is 12.4. The van der Waals surface area contributed by atoms with Crippen LogP contribution >= 0.6 is 15.9 Å². The van der Waals surface area contributed by atoms with Gasteiger partial charge in [0.25, 0.3) is 5.91 Å². The first-order valence-electron chi connectivity index (χ1n) is 7.47. The zero-order valence-electron chi connectivity index (χ0n) is 13.1. The molecule has 0 aliphatic rings. The summed E-state index contributed by atoms with van der Waals surface area (Å²) in [5.41, 5.74) is 3.40. The number of aromatic nitrogens is 1. The fourth-order valence-corrected chi connectivity index (χ4v) is 2.59. The molecule has 0 saturated heterocycles. The topological polar surface area (TPSA) is 54.0 Å². The van der Waals surface area contributed by atoms with Crippen LogP contribution in [0.25, 0.3) is 0 Å². The van der Waals surface area contributed by atoms with Crippen LogP contribution in [0.1, 0.15) is 15.9 Å². The maximum Gasteiger partial charge on any atom is 0.255 e. The third-order valence-corrected chi connectivity index (χ3v) is 3.92. The quantitative estimate of drug-likeness (QED) is 0.656. The number of hydrogen-bond donors (Lipinski definition) is 2. The number of amides is 1. The maximum absolute atomic E-state index is 12.4. The van der Waals surface area contributed by atoms with E-state index in [1.807, 2.05) is 55.5 Å². The van der Waals surface area contributed by atoms with Gasteiger partial charge in [0.2, 0.25) is 0 Å². The Labute approximate surface area is 149 Å². The Hall–Kier alpha value is -2.66. The molecule has 0 atom stereocenters. The number of benzene rings is 2. The van der Waals surface area contributed by atoms with Gasteiger partial charge in [-0.15, -0.1) is 0 Å². The summed E-state index contributed by atoms with van der Waals surface area (Å²) in [4.78, 5) is 16.7. The van der Waals surface area contributed by atoms with E-state index in [4.69, 9.17) is 0 Å². The molecule has 4 nitrogen and oxygen atoms in total. The summed E-state index contributed by atoms with van der Waals surface area (Å²) in [6, 6.07) is 18.9. The highest BCUT2D eigenvalue weighted by Gasteiger charge is 2.08. The van der Waals surface area contributed by atoms with Crippen molar-refractivity contribution in [3.05, 3.63) is 82.5 Å². The van der Waals surface area contributed by atoms with E-state index < -0.39 is 0 Å². The predicted molar refractivity (Wildman–Crippen MR) is 101 cm³/mol. The fraction of sp³-hybridized carbons (Fsp3) is 0.0526. The molecule has 2 aromatic carbocycles. The van der Waals surface area contributed by atoms with Crippen molar-refractivity contribution >= 4 is 39.0 Å². The van der Waals surface area contributed by atoms with Crippen LogP contribution in [0.3, 0.4) is 0 Å². The van der Waals surface area contributed by atoms with Crippen LogP contribution in [-0.4, -0.2) is 10.9 Å². The summed E-state index contributed by atoms with van der Waals surface area (Å²) in [5.74, 6) is 0.447. The first-order chi connectivity index (χ1) is 11.6. The lowest BCUT2D eigenvalue weighted by Gasteiger charge is -2.09. The van der Waals surface area contributed by atoms with Gasteiger partial charge in [0.1, 0.15) is 5.82 Å². The highest BCUT2D eigenvalue weighted by atomic mass is 79.9. The minimum Gasteiger partial charge on any atom is -0.340 e. The second-order valence-corrected chi connectivity index (χ2v) is 6.30. The lowest BCUT2D eigenvalue weighted by atomic mass is 10.2. The van der Waals surface area contributed by atoms with Crippen molar-refractivity contribution in [1.82, 2.24) is 4.98 Å². The average Bonchev–Trinajstić information content (AvgIpc) is 2.57. The van der Waals surface area contributed by atoms with Crippen LogP contribution in [0.15, 0.2) is 71.3 Å². The molecule has 0 aliphatic carbocycles. The number of nitrogens with zero attached hydrogens (tertiary/aromatic N) is 1. The monoisotopic (exact) mass is 381 g/mol. The van der Waals surface area contributed by atoms with E-state index >= 15 is 0 Å². The Morgan fingerprint density at radius 2 is 1.79 bits per heavy atom. The van der Waals surface area contributed by atoms with E-state index in [-0.39, 0.29) is 5.91 Å². The van der Waals surface area contributed by atoms with Crippen LogP contribution in [0.2, 0.25) is 0 Å². The van der Waals surface area contributed by atoms with Crippen molar-refractivity contribution in [2.45, 2.75) is 6.92 Å². The van der Waals surface area contributed by atoms with Crippen molar-refractivity contribution in [3.8, 4) is 0 Å². The summed E-state index contributed by atoms with van der Waals surface area (Å²) in [6.07, 6.45) is 1.62. The molecule has 24 heavy (non-hydrogen) atoms. The molecule has 0 unspecified atom stereocenters. The molecule has 0 fully saturated rings. The predicted octanol–water partition coefficient (Wildman–Crippen LogP) is 5.15. The average molecular weight is 382 g/mol. The summed E-state index contributed by atoms with van der Waals surface area (Å²) in [5, 5.41) is 6.07. The number of halogens is 1. The summed E-state index contributed by atoms with van der Waals surface area (Å²) in [7, 11) is 0. The Balaban J connectivity index is 1.74. The molecule has 0 saturated carbocycles. The Morgan fingerprint density at radius 1 is 1.00 bits per heavy atom. The molecule has 1 heterocycles. The van der Waals surface area contributed by atoms with Gasteiger partial charge in [0.05, 0.1) is 0 Å². The number of hydrogen-bond acceptors (Lipinski definition) is 3. The number of anilines is 3. The van der Waals surface area contributed by atoms with Crippen molar-refractivity contribution < 1.29 is 4.79 Å². The molecule has 120 valence electrons. The van der Waals surface area contributed by atoms with Crippen LogP contribution in [0.4, 0.5) is 17.2 Å². The molecule has 0 aliphatic heterocycles. The van der Waals surface area contributed by atoms with Crippen LogP contribution < -0.4 is 10.6 Å². The second-order valence-electron chi connectivity index (χ2n) is 5.39. The number of nitrogens with one attached hydrogen (secondary N) is 2. The first kappa shape index (κ1) is 16.2. The zero-order chi connectivity index (χ0) is 16.9. The summed E-state index contributed by atoms with van der Waals surface area (Å²) < 4.78 is 0.914. The SMILES string of the molecule is Cc1ccc(Nc2cc(C(=O)Nc3cccc(Br)c3)ccn2)cc1. The molecule has 3 aromatic rings. The summed E-state index contributed by atoms with van der Waals surface area (Å²) in [6.45, 7) is 2.04. The Kier molecular flexibility index (Phi) is 4.91. The minimum absolute atomic E-state index is 0.178. The smallest absolute Gasteiger partial charge is 0.255 e. The standard InChI is InChI=1S/C19H16BrN3O/c1-13-5-7-16(8-6-13)22-18-11-14(9-10-21-18)19(24)23-17-4-2-3-15(20)12-17/h2-12H,1H3,(H,21,22)(H,23,24). The van der Waals surface area contributed by atoms with Gasteiger partial charge < -0.3 is 10.6 Å². The highest BCUT2D eigenvalue weighted by molar-refractivity contribution is 9.10. The molecule has 1 aromatic heterocycles. The fourth-order valence-electron chi connectivity index (χ4n) is 2.19. The van der Waals surface area contributed by atoms with Gasteiger partial charge in [0.15, 0.2) is 0 Å². The molecule has 5 heteroatoms. The molecule has 2 N–H and O–H groups in total. The van der Waals surface area contributed by atoms with Gasteiger partial charge in [-0.05, 0) is 49.4 Å². The van der Waals surface area contributed by atoms with E-state index in [1.54, 1.807) is 18.3 Å². The third-order valence-electron chi connectivity index (χ3n) is 3.43. The highest BCUT2D eigenvalue weighted by Crippen LogP contribution is 2.19. The van der Waals surface area contributed by atoms with Gasteiger partial charge in [0, 0.05) is 27.6 Å². The first-order valence-corrected chi connectivity index (χ1v) is 8.26. The van der Waals surface area contributed by atoms with E-state index in [2.05, 4.69) is 31.5 Å². The Morgan fingerprint density at radius 3 is 2.54 bits per heavy atom. The molecule has 1 amide bonds. The zero-order valence-corrected chi connectivity index (χ0v) is 14.7. The van der Waals surface area contributed by atoms with Crippen molar-refractivity contribution in [2.75, 3.05) is 10.6 Å². The van der Waals surface area contributed by atoms with Gasteiger partial charge in [-0.1, -0.05) is 39.7 Å². The molecular formula is C19H16BrN3O. The molecule has 0 radical (unpaired) electrons. The van der Waals surface area contributed by atoms with E-state index in [0.29, 0.717) is 11.4 Å². The normalized spacial score (nSPS) is 10.2. The Bertz CT molecular complexity index is 862. The number of aryl methyl sites for hydroxylation is 1. The van der Waals surface area contributed by atoms with Crippen molar-refractivity contribution in [1.29, 1.82) is 0 Å². The van der Waals surface area contributed by atoms with E-state index in [9.17, 15) is 4.79 Å². The van der Waals surface area contributed by atoms with E-state index in [1.165, 1.54) is 5.56 Å². The number of carbonyl (C=O) groups excluding carboxylic acids is 1. The van der Waals surface area contributed by atoms with E-state index in [0.717, 1.165) is 15.8 Å². The van der Waals surface area contributed by atoms with Gasteiger partial charge in [-0.3, -0.25) is 4.79 Å². The molecule has 0 bridgehead atoms. The minimum atomic E-state index is -0.178. The van der Waals surface area contributed by atoms with Gasteiger partial charge >= 0.3 is 0 Å². The van der Waals surface area contributed by atoms with Gasteiger partial charge in [-0.25, -0.2) is 4.98 Å². The molecular weight excluding hydrogens is 366 g/mol. The second kappa shape index (κ2) is 7.27. The lowest BCUT2D eigenvalue weighted by molar-refractivity contribution is 0.102. The molecule has 3 rings (SSSR count).